The topological polar surface area (TPSA) is 17.1 Å². The van der Waals surface area contributed by atoms with Crippen molar-refractivity contribution in [2.45, 2.75) is 6.92 Å². The molecule has 112 valence electrons. The molecule has 1 nitrogen and oxygen atoms in total. The zero-order valence-electron chi connectivity index (χ0n) is 13.1. The van der Waals surface area contributed by atoms with Crippen LogP contribution in [0.15, 0.2) is 84.9 Å². The van der Waals surface area contributed by atoms with E-state index in [0.717, 1.165) is 22.3 Å². The maximum Gasteiger partial charge on any atom is 0.185 e. The Morgan fingerprint density at radius 2 is 1.35 bits per heavy atom. The summed E-state index contributed by atoms with van der Waals surface area (Å²) in [5, 5.41) is 0. The van der Waals surface area contributed by atoms with Gasteiger partial charge in [-0.25, -0.2) is 0 Å². The fraction of sp³-hybridized carbons (Fsp3) is 0.0455. The molecule has 0 heterocycles. The van der Waals surface area contributed by atoms with E-state index in [1.54, 1.807) is 6.08 Å². The van der Waals surface area contributed by atoms with Crippen LogP contribution in [-0.4, -0.2) is 5.78 Å². The van der Waals surface area contributed by atoms with Crippen LogP contribution in [0, 0.1) is 6.92 Å². The van der Waals surface area contributed by atoms with Gasteiger partial charge in [0.05, 0.1) is 0 Å². The van der Waals surface area contributed by atoms with Crippen LogP contribution in [0.4, 0.5) is 0 Å². The molecule has 0 saturated carbocycles. The number of rotatable bonds is 4. The Morgan fingerprint density at radius 1 is 0.739 bits per heavy atom. The zero-order chi connectivity index (χ0) is 16.1. The molecule has 0 unspecified atom stereocenters. The van der Waals surface area contributed by atoms with E-state index in [1.807, 2.05) is 79.7 Å². The van der Waals surface area contributed by atoms with Gasteiger partial charge in [-0.2, -0.15) is 0 Å². The van der Waals surface area contributed by atoms with Gasteiger partial charge in [-0.3, -0.25) is 4.79 Å². The lowest BCUT2D eigenvalue weighted by Crippen LogP contribution is -1.94. The van der Waals surface area contributed by atoms with Crippen molar-refractivity contribution in [3.63, 3.8) is 0 Å². The Morgan fingerprint density at radius 3 is 2.04 bits per heavy atom. The standard InChI is InChI=1S/C22H18O/c1-17-7-5-6-8-18(17)15-16-22(23)21-13-11-20(12-14-21)19-9-3-2-4-10-19/h2-16H,1H3. The Balaban J connectivity index is 1.77. The molecule has 0 amide bonds. The number of allylic oxidation sites excluding steroid dienone is 1. The minimum Gasteiger partial charge on any atom is -0.289 e. The molecular formula is C22H18O. The third kappa shape index (κ3) is 3.64. The molecule has 0 spiro atoms. The number of ketones is 1. The number of benzene rings is 3. The minimum atomic E-state index is 0.0212. The molecule has 0 bridgehead atoms. The van der Waals surface area contributed by atoms with E-state index in [4.69, 9.17) is 0 Å². The number of aryl methyl sites for hydroxylation is 1. The third-order valence-electron chi connectivity index (χ3n) is 3.88. The van der Waals surface area contributed by atoms with Gasteiger partial charge in [-0.05, 0) is 35.3 Å². The fourth-order valence-electron chi connectivity index (χ4n) is 2.49. The van der Waals surface area contributed by atoms with Gasteiger partial charge < -0.3 is 0 Å². The minimum absolute atomic E-state index is 0.0212. The van der Waals surface area contributed by atoms with Crippen molar-refractivity contribution in [2.75, 3.05) is 0 Å². The lowest BCUT2D eigenvalue weighted by molar-refractivity contribution is 0.104. The number of hydrogen-bond donors (Lipinski definition) is 0. The van der Waals surface area contributed by atoms with Crippen molar-refractivity contribution in [1.82, 2.24) is 0 Å². The Hall–Kier alpha value is -2.93. The average molecular weight is 298 g/mol. The van der Waals surface area contributed by atoms with Gasteiger partial charge in [0.1, 0.15) is 0 Å². The summed E-state index contributed by atoms with van der Waals surface area (Å²) in [6, 6.07) is 25.9. The van der Waals surface area contributed by atoms with Crippen LogP contribution in [0.25, 0.3) is 17.2 Å². The van der Waals surface area contributed by atoms with Crippen LogP contribution in [0.2, 0.25) is 0 Å². The second-order valence-electron chi connectivity index (χ2n) is 5.50. The lowest BCUT2D eigenvalue weighted by Gasteiger charge is -2.03. The molecule has 1 heteroatoms. The van der Waals surface area contributed by atoms with Gasteiger partial charge in [0, 0.05) is 5.56 Å². The smallest absolute Gasteiger partial charge is 0.185 e. The van der Waals surface area contributed by atoms with E-state index < -0.39 is 0 Å². The van der Waals surface area contributed by atoms with Crippen LogP contribution in [0.1, 0.15) is 21.5 Å². The maximum absolute atomic E-state index is 12.3. The highest BCUT2D eigenvalue weighted by Gasteiger charge is 2.03. The molecule has 23 heavy (non-hydrogen) atoms. The van der Waals surface area contributed by atoms with Crippen molar-refractivity contribution in [2.24, 2.45) is 0 Å². The van der Waals surface area contributed by atoms with E-state index >= 15 is 0 Å². The van der Waals surface area contributed by atoms with E-state index in [9.17, 15) is 4.79 Å². The largest absolute Gasteiger partial charge is 0.289 e. The summed E-state index contributed by atoms with van der Waals surface area (Å²) in [6.45, 7) is 2.04. The van der Waals surface area contributed by atoms with Crippen LogP contribution in [0.5, 0.6) is 0 Å². The van der Waals surface area contributed by atoms with Crippen molar-refractivity contribution < 1.29 is 4.79 Å². The molecule has 0 N–H and O–H groups in total. The van der Waals surface area contributed by atoms with Crippen molar-refractivity contribution in [3.05, 3.63) is 102 Å². The van der Waals surface area contributed by atoms with Gasteiger partial charge in [-0.1, -0.05) is 84.9 Å². The van der Waals surface area contributed by atoms with E-state index in [1.165, 1.54) is 0 Å². The second-order valence-corrected chi connectivity index (χ2v) is 5.50. The van der Waals surface area contributed by atoms with Crippen molar-refractivity contribution >= 4 is 11.9 Å². The first-order valence-electron chi connectivity index (χ1n) is 7.67. The highest BCUT2D eigenvalue weighted by molar-refractivity contribution is 6.07. The first-order valence-corrected chi connectivity index (χ1v) is 7.67. The predicted molar refractivity (Wildman–Crippen MR) is 96.4 cm³/mol. The average Bonchev–Trinajstić information content (AvgIpc) is 2.62. The summed E-state index contributed by atoms with van der Waals surface area (Å²) < 4.78 is 0. The molecule has 0 fully saturated rings. The monoisotopic (exact) mass is 298 g/mol. The summed E-state index contributed by atoms with van der Waals surface area (Å²) in [6.07, 6.45) is 3.52. The predicted octanol–water partition coefficient (Wildman–Crippen LogP) is 5.56. The molecule has 0 aromatic heterocycles. The first kappa shape index (κ1) is 15.0. The quantitative estimate of drug-likeness (QED) is 0.455. The number of carbonyl (C=O) groups is 1. The Labute approximate surface area is 136 Å². The van der Waals surface area contributed by atoms with Crippen LogP contribution in [-0.2, 0) is 0 Å². The van der Waals surface area contributed by atoms with Crippen LogP contribution in [0.3, 0.4) is 0 Å². The number of hydrogen-bond acceptors (Lipinski definition) is 1. The van der Waals surface area contributed by atoms with Gasteiger partial charge in [0.2, 0.25) is 0 Å². The lowest BCUT2D eigenvalue weighted by atomic mass is 10.0. The Kier molecular flexibility index (Phi) is 4.49. The van der Waals surface area contributed by atoms with Crippen molar-refractivity contribution in [3.8, 4) is 11.1 Å². The third-order valence-corrected chi connectivity index (χ3v) is 3.88. The highest BCUT2D eigenvalue weighted by atomic mass is 16.1. The summed E-state index contributed by atoms with van der Waals surface area (Å²) >= 11 is 0. The summed E-state index contributed by atoms with van der Waals surface area (Å²) in [4.78, 5) is 12.3. The molecular weight excluding hydrogens is 280 g/mol. The summed E-state index contributed by atoms with van der Waals surface area (Å²) in [5.74, 6) is 0.0212. The summed E-state index contributed by atoms with van der Waals surface area (Å²) in [7, 11) is 0. The van der Waals surface area contributed by atoms with Crippen LogP contribution >= 0.6 is 0 Å². The van der Waals surface area contributed by atoms with Crippen molar-refractivity contribution in [1.29, 1.82) is 0 Å². The van der Waals surface area contributed by atoms with Crippen LogP contribution < -0.4 is 0 Å². The van der Waals surface area contributed by atoms with Gasteiger partial charge >= 0.3 is 0 Å². The Bertz CT molecular complexity index is 827. The van der Waals surface area contributed by atoms with Gasteiger partial charge in [-0.15, -0.1) is 0 Å². The van der Waals surface area contributed by atoms with Gasteiger partial charge in [0.15, 0.2) is 5.78 Å². The fourth-order valence-corrected chi connectivity index (χ4v) is 2.49. The normalized spacial score (nSPS) is 10.8. The summed E-state index contributed by atoms with van der Waals surface area (Å²) in [5.41, 5.74) is 5.21. The zero-order valence-corrected chi connectivity index (χ0v) is 13.1. The molecule has 3 rings (SSSR count). The maximum atomic E-state index is 12.3. The first-order chi connectivity index (χ1) is 11.2. The SMILES string of the molecule is Cc1ccccc1C=CC(=O)c1ccc(-c2ccccc2)cc1. The highest BCUT2D eigenvalue weighted by Crippen LogP contribution is 2.19. The molecule has 0 saturated heterocycles. The number of carbonyl (C=O) groups excluding carboxylic acids is 1. The molecule has 0 aliphatic heterocycles. The molecule has 0 aliphatic rings. The molecule has 3 aromatic rings. The van der Waals surface area contributed by atoms with E-state index in [2.05, 4.69) is 12.1 Å². The van der Waals surface area contributed by atoms with Gasteiger partial charge in [0.25, 0.3) is 0 Å². The molecule has 0 aliphatic carbocycles. The molecule has 3 aromatic carbocycles. The van der Waals surface area contributed by atoms with E-state index in [-0.39, 0.29) is 5.78 Å². The van der Waals surface area contributed by atoms with E-state index in [0.29, 0.717) is 5.56 Å². The second kappa shape index (κ2) is 6.89. The molecule has 0 atom stereocenters. The molecule has 0 radical (unpaired) electrons.